The lowest BCUT2D eigenvalue weighted by molar-refractivity contribution is -0.134. The predicted octanol–water partition coefficient (Wildman–Crippen LogP) is 2.09. The fourth-order valence-electron chi connectivity index (χ4n) is 1.33. The summed E-state index contributed by atoms with van der Waals surface area (Å²) < 4.78 is 0. The first-order valence-corrected chi connectivity index (χ1v) is 6.56. The second kappa shape index (κ2) is 7.68. The SMILES string of the molecule is CS/C=C/C(=O)N(C=O)CCc1ccccc1. The van der Waals surface area contributed by atoms with Crippen molar-refractivity contribution in [2.45, 2.75) is 6.42 Å². The Hall–Kier alpha value is -1.55. The van der Waals surface area contributed by atoms with Gasteiger partial charge in [-0.25, -0.2) is 0 Å². The first kappa shape index (κ1) is 13.5. The van der Waals surface area contributed by atoms with Gasteiger partial charge in [-0.15, -0.1) is 11.8 Å². The number of benzene rings is 1. The second-order valence-corrected chi connectivity index (χ2v) is 4.15. The highest BCUT2D eigenvalue weighted by atomic mass is 32.2. The highest BCUT2D eigenvalue weighted by molar-refractivity contribution is 8.01. The molecular formula is C13H15NO2S. The molecule has 0 spiro atoms. The first-order valence-electron chi connectivity index (χ1n) is 5.27. The van der Waals surface area contributed by atoms with Gasteiger partial charge in [0.2, 0.25) is 6.41 Å². The monoisotopic (exact) mass is 249 g/mol. The summed E-state index contributed by atoms with van der Waals surface area (Å²) in [5, 5.41) is 1.67. The summed E-state index contributed by atoms with van der Waals surface area (Å²) in [6, 6.07) is 9.77. The lowest BCUT2D eigenvalue weighted by Gasteiger charge is -2.12. The molecule has 1 rings (SSSR count). The van der Waals surface area contributed by atoms with Crippen molar-refractivity contribution in [2.75, 3.05) is 12.8 Å². The van der Waals surface area contributed by atoms with Gasteiger partial charge in [0.05, 0.1) is 0 Å². The number of amides is 2. The molecule has 1 aromatic carbocycles. The Bertz CT molecular complexity index is 390. The topological polar surface area (TPSA) is 37.4 Å². The molecular weight excluding hydrogens is 234 g/mol. The van der Waals surface area contributed by atoms with Crippen LogP contribution in [-0.4, -0.2) is 30.0 Å². The van der Waals surface area contributed by atoms with E-state index in [9.17, 15) is 9.59 Å². The Balaban J connectivity index is 2.50. The molecule has 0 saturated heterocycles. The molecule has 17 heavy (non-hydrogen) atoms. The highest BCUT2D eigenvalue weighted by Gasteiger charge is 2.08. The molecule has 0 aromatic heterocycles. The number of rotatable bonds is 6. The summed E-state index contributed by atoms with van der Waals surface area (Å²) in [4.78, 5) is 23.5. The minimum absolute atomic E-state index is 0.273. The van der Waals surface area contributed by atoms with E-state index in [0.29, 0.717) is 19.4 Å². The molecule has 0 saturated carbocycles. The molecule has 2 amide bonds. The molecule has 0 aliphatic heterocycles. The predicted molar refractivity (Wildman–Crippen MR) is 70.6 cm³/mol. The van der Waals surface area contributed by atoms with Crippen molar-refractivity contribution >= 4 is 24.1 Å². The molecule has 3 nitrogen and oxygen atoms in total. The third-order valence-electron chi connectivity index (χ3n) is 2.24. The Labute approximate surface area is 106 Å². The Kier molecular flexibility index (Phi) is 6.10. The van der Waals surface area contributed by atoms with Gasteiger partial charge >= 0.3 is 0 Å². The maximum absolute atomic E-state index is 11.5. The van der Waals surface area contributed by atoms with Gasteiger partial charge in [-0.05, 0) is 23.6 Å². The van der Waals surface area contributed by atoms with Gasteiger partial charge in [-0.3, -0.25) is 14.5 Å². The number of carbonyl (C=O) groups is 2. The average Bonchev–Trinajstić information content (AvgIpc) is 2.38. The molecule has 90 valence electrons. The molecule has 0 atom stereocenters. The number of nitrogens with zero attached hydrogens (tertiary/aromatic N) is 1. The maximum atomic E-state index is 11.5. The van der Waals surface area contributed by atoms with E-state index in [4.69, 9.17) is 0 Å². The van der Waals surface area contributed by atoms with E-state index in [-0.39, 0.29) is 5.91 Å². The van der Waals surface area contributed by atoms with Crippen LogP contribution in [0.5, 0.6) is 0 Å². The van der Waals surface area contributed by atoms with Crippen LogP contribution < -0.4 is 0 Å². The zero-order valence-electron chi connectivity index (χ0n) is 9.70. The Morgan fingerprint density at radius 1 is 1.35 bits per heavy atom. The second-order valence-electron chi connectivity index (χ2n) is 3.41. The normalized spacial score (nSPS) is 10.4. The fourth-order valence-corrected chi connectivity index (χ4v) is 1.58. The van der Waals surface area contributed by atoms with Gasteiger partial charge in [-0.1, -0.05) is 30.3 Å². The van der Waals surface area contributed by atoms with Crippen LogP contribution in [0.15, 0.2) is 41.8 Å². The van der Waals surface area contributed by atoms with Gasteiger partial charge in [0.15, 0.2) is 0 Å². The summed E-state index contributed by atoms with van der Waals surface area (Å²) in [6.07, 6.45) is 4.53. The van der Waals surface area contributed by atoms with Crippen molar-refractivity contribution in [1.29, 1.82) is 0 Å². The van der Waals surface area contributed by atoms with Crippen molar-refractivity contribution in [3.63, 3.8) is 0 Å². The van der Waals surface area contributed by atoms with Crippen LogP contribution in [0.4, 0.5) is 0 Å². The minimum Gasteiger partial charge on any atom is -0.281 e. The molecule has 0 radical (unpaired) electrons. The lowest BCUT2D eigenvalue weighted by atomic mass is 10.1. The molecule has 0 heterocycles. The van der Waals surface area contributed by atoms with Crippen LogP contribution in [0.3, 0.4) is 0 Å². The van der Waals surface area contributed by atoms with Crippen molar-refractivity contribution in [1.82, 2.24) is 4.90 Å². The van der Waals surface area contributed by atoms with Crippen LogP contribution in [-0.2, 0) is 16.0 Å². The maximum Gasteiger partial charge on any atom is 0.253 e. The van der Waals surface area contributed by atoms with Crippen LogP contribution >= 0.6 is 11.8 Å². The van der Waals surface area contributed by atoms with Gasteiger partial charge in [0, 0.05) is 12.6 Å². The number of hydrogen-bond donors (Lipinski definition) is 0. The lowest BCUT2D eigenvalue weighted by Crippen LogP contribution is -2.30. The number of thioether (sulfide) groups is 1. The number of carbonyl (C=O) groups excluding carboxylic acids is 2. The summed E-state index contributed by atoms with van der Waals surface area (Å²) in [5.41, 5.74) is 1.11. The zero-order chi connectivity index (χ0) is 12.5. The third kappa shape index (κ3) is 4.87. The molecule has 0 fully saturated rings. The number of hydrogen-bond acceptors (Lipinski definition) is 3. The van der Waals surface area contributed by atoms with Crippen molar-refractivity contribution in [2.24, 2.45) is 0 Å². The van der Waals surface area contributed by atoms with E-state index in [2.05, 4.69) is 0 Å². The summed E-state index contributed by atoms with van der Waals surface area (Å²) >= 11 is 1.43. The van der Waals surface area contributed by atoms with E-state index in [1.54, 1.807) is 5.41 Å². The van der Waals surface area contributed by atoms with Crippen LogP contribution in [0.1, 0.15) is 5.56 Å². The molecule has 4 heteroatoms. The molecule has 0 bridgehead atoms. The van der Waals surface area contributed by atoms with E-state index >= 15 is 0 Å². The molecule has 1 aromatic rings. The smallest absolute Gasteiger partial charge is 0.253 e. The Morgan fingerprint density at radius 2 is 2.06 bits per heavy atom. The van der Waals surface area contributed by atoms with E-state index in [1.807, 2.05) is 36.6 Å². The summed E-state index contributed by atoms with van der Waals surface area (Å²) in [5.74, 6) is -0.273. The van der Waals surface area contributed by atoms with Gasteiger partial charge in [0.25, 0.3) is 5.91 Å². The van der Waals surface area contributed by atoms with Crippen LogP contribution in [0, 0.1) is 0 Å². The Morgan fingerprint density at radius 3 is 2.65 bits per heavy atom. The van der Waals surface area contributed by atoms with Crippen molar-refractivity contribution in [3.8, 4) is 0 Å². The van der Waals surface area contributed by atoms with Crippen LogP contribution in [0.2, 0.25) is 0 Å². The molecule has 0 aliphatic rings. The minimum atomic E-state index is -0.273. The van der Waals surface area contributed by atoms with E-state index < -0.39 is 0 Å². The van der Waals surface area contributed by atoms with Crippen molar-refractivity contribution < 1.29 is 9.59 Å². The largest absolute Gasteiger partial charge is 0.281 e. The standard InChI is InChI=1S/C13H15NO2S/c1-17-10-8-13(16)14(11-15)9-7-12-5-3-2-4-6-12/h2-6,8,10-11H,7,9H2,1H3/b10-8+. The summed E-state index contributed by atoms with van der Waals surface area (Å²) in [7, 11) is 0. The average molecular weight is 249 g/mol. The fraction of sp³-hybridized carbons (Fsp3) is 0.231. The van der Waals surface area contributed by atoms with E-state index in [1.165, 1.54) is 22.7 Å². The van der Waals surface area contributed by atoms with Gasteiger partial charge in [-0.2, -0.15) is 0 Å². The first-order chi connectivity index (χ1) is 8.27. The van der Waals surface area contributed by atoms with Gasteiger partial charge < -0.3 is 0 Å². The zero-order valence-corrected chi connectivity index (χ0v) is 10.5. The third-order valence-corrected chi connectivity index (χ3v) is 2.65. The highest BCUT2D eigenvalue weighted by Crippen LogP contribution is 2.02. The summed E-state index contributed by atoms with van der Waals surface area (Å²) in [6.45, 7) is 0.408. The molecule has 0 unspecified atom stereocenters. The molecule has 0 N–H and O–H groups in total. The quantitative estimate of drug-likeness (QED) is 0.572. The van der Waals surface area contributed by atoms with E-state index in [0.717, 1.165) is 5.56 Å². The van der Waals surface area contributed by atoms with Crippen molar-refractivity contribution in [3.05, 3.63) is 47.4 Å². The van der Waals surface area contributed by atoms with Gasteiger partial charge in [0.1, 0.15) is 0 Å². The molecule has 0 aliphatic carbocycles. The van der Waals surface area contributed by atoms with Crippen LogP contribution in [0.25, 0.3) is 0 Å². The number of imide groups is 1.